The van der Waals surface area contributed by atoms with Crippen LogP contribution in [0.3, 0.4) is 0 Å². The van der Waals surface area contributed by atoms with Crippen molar-refractivity contribution in [2.45, 2.75) is 59.9 Å². The number of fused-ring (bicyclic) bond motifs is 1. The van der Waals surface area contributed by atoms with E-state index in [1.54, 1.807) is 0 Å². The van der Waals surface area contributed by atoms with Gasteiger partial charge >= 0.3 is 6.03 Å². The maximum atomic E-state index is 13.7. The lowest BCUT2D eigenvalue weighted by Crippen LogP contribution is -2.36. The van der Waals surface area contributed by atoms with Crippen LogP contribution in [0.1, 0.15) is 67.4 Å². The Bertz CT molecular complexity index is 1630. The van der Waals surface area contributed by atoms with Crippen molar-refractivity contribution in [1.29, 1.82) is 0 Å². The highest BCUT2D eigenvalue weighted by Crippen LogP contribution is 2.37. The number of carbonyl (C=O) groups is 2. The number of ether oxygens (including phenoxy) is 1. The Balaban J connectivity index is 1.58. The Labute approximate surface area is 253 Å². The van der Waals surface area contributed by atoms with Gasteiger partial charge in [0.2, 0.25) is 0 Å². The van der Waals surface area contributed by atoms with E-state index in [1.807, 2.05) is 70.2 Å². The number of rotatable bonds is 7. The molecule has 8 nitrogen and oxygen atoms in total. The molecule has 3 N–H and O–H groups in total. The fraction of sp³-hybridized carbons (Fsp3) is 0.343. The van der Waals surface area contributed by atoms with E-state index in [4.69, 9.17) is 15.6 Å². The third-order valence-corrected chi connectivity index (χ3v) is 7.73. The summed E-state index contributed by atoms with van der Waals surface area (Å²) >= 11 is 0. The van der Waals surface area contributed by atoms with Crippen LogP contribution < -0.4 is 15.8 Å². The first-order valence-corrected chi connectivity index (χ1v) is 14.8. The van der Waals surface area contributed by atoms with Crippen LogP contribution in [0, 0.1) is 12.8 Å². The minimum atomic E-state index is -0.619. The summed E-state index contributed by atoms with van der Waals surface area (Å²) < 4.78 is 8.25. The first-order chi connectivity index (χ1) is 20.4. The number of amides is 3. The molecule has 0 aliphatic carbocycles. The van der Waals surface area contributed by atoms with E-state index < -0.39 is 6.03 Å². The van der Waals surface area contributed by atoms with Crippen molar-refractivity contribution < 1.29 is 14.3 Å². The second-order valence-electron chi connectivity index (χ2n) is 12.7. The molecule has 3 aromatic carbocycles. The zero-order valence-electron chi connectivity index (χ0n) is 25.9. The maximum absolute atomic E-state index is 13.7. The molecule has 0 fully saturated rings. The van der Waals surface area contributed by atoms with Gasteiger partial charge in [-0.15, -0.1) is 0 Å². The average Bonchev–Trinajstić information content (AvgIpc) is 3.33. The number of aryl methyl sites for hydroxylation is 1. The fourth-order valence-corrected chi connectivity index (χ4v) is 5.43. The van der Waals surface area contributed by atoms with E-state index in [0.29, 0.717) is 43.3 Å². The van der Waals surface area contributed by atoms with Crippen LogP contribution in [-0.2, 0) is 18.4 Å². The largest absolute Gasteiger partial charge is 0.491 e. The van der Waals surface area contributed by atoms with Gasteiger partial charge in [-0.05, 0) is 59.7 Å². The highest BCUT2D eigenvalue weighted by molar-refractivity contribution is 5.94. The first kappa shape index (κ1) is 29.9. The number of aromatic nitrogens is 2. The predicted molar refractivity (Wildman–Crippen MR) is 171 cm³/mol. The molecule has 0 saturated carbocycles. The van der Waals surface area contributed by atoms with E-state index in [2.05, 4.69) is 52.9 Å². The molecular weight excluding hydrogens is 538 g/mol. The van der Waals surface area contributed by atoms with Crippen molar-refractivity contribution in [2.75, 3.05) is 18.5 Å². The van der Waals surface area contributed by atoms with E-state index in [0.717, 1.165) is 39.5 Å². The quantitative estimate of drug-likeness (QED) is 0.249. The molecule has 0 saturated heterocycles. The van der Waals surface area contributed by atoms with Gasteiger partial charge < -0.3 is 20.7 Å². The van der Waals surface area contributed by atoms with Gasteiger partial charge in [-0.25, -0.2) is 9.48 Å². The number of hydrogen-bond donors (Lipinski definition) is 2. The number of hydrogen-bond acceptors (Lipinski definition) is 4. The Hall–Kier alpha value is -4.59. The van der Waals surface area contributed by atoms with Gasteiger partial charge in [-0.1, -0.05) is 71.0 Å². The number of para-hydroxylation sites is 1. The minimum absolute atomic E-state index is 0.00247. The second kappa shape index (κ2) is 12.0. The summed E-state index contributed by atoms with van der Waals surface area (Å²) in [6, 6.07) is 20.9. The third kappa shape index (κ3) is 6.43. The minimum Gasteiger partial charge on any atom is -0.491 e. The van der Waals surface area contributed by atoms with Gasteiger partial charge in [0.1, 0.15) is 11.4 Å². The molecule has 5 rings (SSSR count). The molecule has 3 amide bonds. The Morgan fingerprint density at radius 3 is 2.35 bits per heavy atom. The summed E-state index contributed by atoms with van der Waals surface area (Å²) in [5, 5.41) is 7.76. The average molecular weight is 580 g/mol. The van der Waals surface area contributed by atoms with Gasteiger partial charge in [-0.3, -0.25) is 4.79 Å². The van der Waals surface area contributed by atoms with Crippen molar-refractivity contribution in [3.8, 4) is 22.7 Å². The van der Waals surface area contributed by atoms with Crippen molar-refractivity contribution >= 4 is 17.6 Å². The lowest BCUT2D eigenvalue weighted by Gasteiger charge is -2.27. The molecule has 0 unspecified atom stereocenters. The predicted octanol–water partition coefficient (Wildman–Crippen LogP) is 6.87. The molecular formula is C35H41N5O3. The van der Waals surface area contributed by atoms with Crippen molar-refractivity contribution in [2.24, 2.45) is 11.7 Å². The summed E-state index contributed by atoms with van der Waals surface area (Å²) in [4.78, 5) is 27.1. The third-order valence-electron chi connectivity index (χ3n) is 7.73. The number of nitrogens with zero attached hydrogens (tertiary/aromatic N) is 3. The highest BCUT2D eigenvalue weighted by Gasteiger charge is 2.30. The van der Waals surface area contributed by atoms with Crippen molar-refractivity contribution in [1.82, 2.24) is 14.7 Å². The molecule has 0 bridgehead atoms. The summed E-state index contributed by atoms with van der Waals surface area (Å²) in [7, 11) is 0. The van der Waals surface area contributed by atoms with E-state index in [1.165, 1.54) is 5.56 Å². The molecule has 0 radical (unpaired) electrons. The van der Waals surface area contributed by atoms with Crippen LogP contribution in [0.5, 0.6) is 5.75 Å². The zero-order valence-corrected chi connectivity index (χ0v) is 25.9. The maximum Gasteiger partial charge on any atom is 0.316 e. The molecule has 2 heterocycles. The van der Waals surface area contributed by atoms with Crippen LogP contribution in [0.15, 0.2) is 66.7 Å². The van der Waals surface area contributed by atoms with Crippen molar-refractivity contribution in [3.05, 3.63) is 94.7 Å². The monoisotopic (exact) mass is 579 g/mol. The fourth-order valence-electron chi connectivity index (χ4n) is 5.43. The summed E-state index contributed by atoms with van der Waals surface area (Å²) in [6.07, 6.45) is 0.635. The number of nitrogens with one attached hydrogen (secondary N) is 1. The lowest BCUT2D eigenvalue weighted by molar-refractivity contribution is 0.0734. The molecule has 8 heteroatoms. The molecule has 0 atom stereocenters. The second-order valence-corrected chi connectivity index (χ2v) is 12.7. The van der Waals surface area contributed by atoms with E-state index >= 15 is 0 Å². The molecule has 1 aliphatic heterocycles. The summed E-state index contributed by atoms with van der Waals surface area (Å²) in [6.45, 7) is 14.4. The van der Waals surface area contributed by atoms with Crippen LogP contribution in [-0.4, -0.2) is 39.8 Å². The summed E-state index contributed by atoms with van der Waals surface area (Å²) in [5.74, 6) is 1.12. The molecule has 224 valence electrons. The lowest BCUT2D eigenvalue weighted by atomic mass is 9.86. The van der Waals surface area contributed by atoms with Gasteiger partial charge in [0.15, 0.2) is 0 Å². The van der Waals surface area contributed by atoms with Crippen LogP contribution in [0.25, 0.3) is 16.9 Å². The first-order valence-electron chi connectivity index (χ1n) is 14.8. The molecule has 0 spiro atoms. The zero-order chi connectivity index (χ0) is 30.9. The van der Waals surface area contributed by atoms with Crippen LogP contribution in [0.2, 0.25) is 0 Å². The Kier molecular flexibility index (Phi) is 8.31. The Morgan fingerprint density at radius 2 is 1.72 bits per heavy atom. The van der Waals surface area contributed by atoms with Gasteiger partial charge in [0.25, 0.3) is 5.91 Å². The Morgan fingerprint density at radius 1 is 1.02 bits per heavy atom. The molecule has 43 heavy (non-hydrogen) atoms. The smallest absolute Gasteiger partial charge is 0.316 e. The topological polar surface area (TPSA) is 102 Å². The number of primary amides is 1. The highest BCUT2D eigenvalue weighted by atomic mass is 16.5. The molecule has 4 aromatic rings. The van der Waals surface area contributed by atoms with E-state index in [9.17, 15) is 9.59 Å². The van der Waals surface area contributed by atoms with Gasteiger partial charge in [0, 0.05) is 41.9 Å². The number of urea groups is 1. The number of anilines is 1. The molecule has 1 aliphatic rings. The number of carbonyl (C=O) groups excluding carboxylic acids is 2. The SMILES string of the molecule is Cc1cccc(OCC(C)C)c1-n1nc2c(c1-c1ccc(NC(N)=O)cc1)CN(C(=O)c1ccc(C(C)(C)C)cc1)CC2. The van der Waals surface area contributed by atoms with Crippen LogP contribution in [0.4, 0.5) is 10.5 Å². The standard InChI is InChI=1S/C35H41N5O3/c1-22(2)21-43-30-9-7-8-23(3)31(30)40-32(24-12-16-27(17-13-24)37-34(36)42)28-20-39(19-18-29(28)38-40)33(41)25-10-14-26(15-11-25)35(4,5)6/h7-17,22H,18-21H2,1-6H3,(H3,36,37,42). The summed E-state index contributed by atoms with van der Waals surface area (Å²) in [5.41, 5.74) is 13.5. The number of nitrogens with two attached hydrogens (primary N) is 1. The normalized spacial score (nSPS) is 13.1. The number of benzene rings is 3. The van der Waals surface area contributed by atoms with Crippen molar-refractivity contribution in [3.63, 3.8) is 0 Å². The van der Waals surface area contributed by atoms with E-state index in [-0.39, 0.29) is 11.3 Å². The molecule has 1 aromatic heterocycles. The van der Waals surface area contributed by atoms with Gasteiger partial charge in [-0.2, -0.15) is 5.10 Å². The van der Waals surface area contributed by atoms with Gasteiger partial charge in [0.05, 0.1) is 18.0 Å². The van der Waals surface area contributed by atoms with Crippen LogP contribution >= 0.6 is 0 Å².